The molecule has 3 atom stereocenters. The Balaban J connectivity index is 2.45. The van der Waals surface area contributed by atoms with Gasteiger partial charge in [-0.05, 0) is 82.7 Å². The maximum Gasteiger partial charge on any atom is 0.154 e. The molecule has 1 aromatic rings. The lowest BCUT2D eigenvalue weighted by atomic mass is 9.99. The molecule has 0 bridgehead atoms. The van der Waals surface area contributed by atoms with Crippen molar-refractivity contribution in [3.05, 3.63) is 64.9 Å². The van der Waals surface area contributed by atoms with Gasteiger partial charge in [-0.2, -0.15) is 0 Å². The monoisotopic (exact) mass is 449 g/mol. The van der Waals surface area contributed by atoms with Crippen molar-refractivity contribution in [2.24, 2.45) is 10.9 Å². The average Bonchev–Trinajstić information content (AvgIpc) is 2.76. The van der Waals surface area contributed by atoms with Crippen LogP contribution in [0.15, 0.2) is 53.2 Å². The summed E-state index contributed by atoms with van der Waals surface area (Å²) in [6.07, 6.45) is 10.1. The Bertz CT molecular complexity index is 928. The topological polar surface area (TPSA) is 44.7 Å². The summed E-state index contributed by atoms with van der Waals surface area (Å²) in [4.78, 5) is 19.6. The van der Waals surface area contributed by atoms with Gasteiger partial charge in [0.1, 0.15) is 0 Å². The van der Waals surface area contributed by atoms with Crippen LogP contribution in [0.1, 0.15) is 71.6 Å². The summed E-state index contributed by atoms with van der Waals surface area (Å²) in [5.74, 6) is 0.296. The number of allylic oxidation sites excluding steroid dienone is 4. The highest BCUT2D eigenvalue weighted by atomic mass is 16.1. The molecule has 4 heteroatoms. The number of piperazine rings is 1. The number of rotatable bonds is 9. The Labute approximate surface area is 201 Å². The second kappa shape index (κ2) is 12.7. The first kappa shape index (κ1) is 26.8. The predicted octanol–water partition coefficient (Wildman–Crippen LogP) is 6.12. The molecule has 0 saturated carbocycles. The number of ketones is 1. The van der Waals surface area contributed by atoms with E-state index in [1.54, 1.807) is 13.0 Å². The van der Waals surface area contributed by atoms with E-state index < -0.39 is 0 Å². The summed E-state index contributed by atoms with van der Waals surface area (Å²) in [6.45, 7) is 18.8. The molecule has 1 saturated heterocycles. The van der Waals surface area contributed by atoms with Crippen molar-refractivity contribution in [1.82, 2.24) is 10.2 Å². The van der Waals surface area contributed by atoms with E-state index in [4.69, 9.17) is 4.99 Å². The Hall–Kier alpha value is -2.46. The molecule has 1 aliphatic heterocycles. The van der Waals surface area contributed by atoms with E-state index in [0.717, 1.165) is 42.9 Å². The van der Waals surface area contributed by atoms with Crippen molar-refractivity contribution in [2.45, 2.75) is 80.3 Å². The first-order valence-electron chi connectivity index (χ1n) is 12.4. The van der Waals surface area contributed by atoms with Crippen LogP contribution in [0.3, 0.4) is 0 Å². The van der Waals surface area contributed by atoms with Gasteiger partial charge in [-0.3, -0.25) is 9.79 Å². The third-order valence-corrected chi connectivity index (χ3v) is 6.38. The zero-order valence-corrected chi connectivity index (χ0v) is 21.9. The lowest BCUT2D eigenvalue weighted by Crippen LogP contribution is -2.53. The highest BCUT2D eigenvalue weighted by Crippen LogP contribution is 2.23. The minimum absolute atomic E-state index is 0.0118. The number of carbonyl (C=O) groups is 1. The normalized spacial score (nSPS) is 21.6. The fraction of sp³-hybridized carbons (Fsp3) is 0.517. The Morgan fingerprint density at radius 3 is 2.42 bits per heavy atom. The van der Waals surface area contributed by atoms with Crippen LogP contribution in [-0.2, 0) is 11.2 Å². The molecule has 0 aliphatic carbocycles. The molecule has 0 radical (unpaired) electrons. The number of nitrogens with zero attached hydrogens (tertiary/aromatic N) is 2. The fourth-order valence-electron chi connectivity index (χ4n) is 4.34. The Kier molecular flexibility index (Phi) is 10.3. The van der Waals surface area contributed by atoms with Crippen molar-refractivity contribution < 1.29 is 4.79 Å². The summed E-state index contributed by atoms with van der Waals surface area (Å²) in [5.41, 5.74) is 6.51. The number of hydrogen-bond donors (Lipinski definition) is 1. The van der Waals surface area contributed by atoms with Crippen LogP contribution in [-0.4, -0.2) is 41.6 Å². The van der Waals surface area contributed by atoms with Gasteiger partial charge in [0, 0.05) is 48.2 Å². The van der Waals surface area contributed by atoms with Gasteiger partial charge in [0.05, 0.1) is 5.70 Å². The zero-order valence-electron chi connectivity index (χ0n) is 21.9. The van der Waals surface area contributed by atoms with E-state index in [1.165, 1.54) is 16.8 Å². The number of nitrogens with one attached hydrogen (secondary N) is 1. The molecule has 1 aromatic carbocycles. The van der Waals surface area contributed by atoms with E-state index >= 15 is 0 Å². The largest absolute Gasteiger partial charge is 0.369 e. The van der Waals surface area contributed by atoms with Crippen LogP contribution in [0.5, 0.6) is 0 Å². The molecular formula is C29H43N3O. The van der Waals surface area contributed by atoms with E-state index in [-0.39, 0.29) is 11.7 Å². The van der Waals surface area contributed by atoms with Gasteiger partial charge >= 0.3 is 0 Å². The van der Waals surface area contributed by atoms with Crippen LogP contribution in [0.25, 0.3) is 5.70 Å². The molecule has 1 aliphatic rings. The molecule has 0 aromatic heterocycles. The third kappa shape index (κ3) is 7.82. The van der Waals surface area contributed by atoms with Crippen LogP contribution in [0.4, 0.5) is 0 Å². The zero-order chi connectivity index (χ0) is 24.5. The number of aryl methyl sites for hydroxylation is 2. The van der Waals surface area contributed by atoms with Crippen molar-refractivity contribution in [3.8, 4) is 0 Å². The molecule has 4 nitrogen and oxygen atoms in total. The van der Waals surface area contributed by atoms with Gasteiger partial charge in [-0.25, -0.2) is 0 Å². The summed E-state index contributed by atoms with van der Waals surface area (Å²) < 4.78 is 0. The maximum atomic E-state index is 12.1. The molecule has 33 heavy (non-hydrogen) atoms. The average molecular weight is 450 g/mol. The molecule has 1 fully saturated rings. The second-order valence-corrected chi connectivity index (χ2v) is 9.40. The molecule has 0 amide bonds. The summed E-state index contributed by atoms with van der Waals surface area (Å²) in [5, 5.41) is 3.60. The number of benzene rings is 1. The molecule has 3 unspecified atom stereocenters. The highest BCUT2D eigenvalue weighted by molar-refractivity contribution is 6.03. The van der Waals surface area contributed by atoms with Crippen molar-refractivity contribution in [2.75, 3.05) is 13.1 Å². The molecule has 1 N–H and O–H groups in total. The minimum atomic E-state index is 0.0118. The van der Waals surface area contributed by atoms with Crippen LogP contribution in [0.2, 0.25) is 0 Å². The predicted molar refractivity (Wildman–Crippen MR) is 143 cm³/mol. The number of aliphatic imine (C=N–C) groups is 1. The smallest absolute Gasteiger partial charge is 0.154 e. The van der Waals surface area contributed by atoms with Crippen molar-refractivity contribution >= 4 is 17.2 Å². The number of carbonyl (C=O) groups excluding carboxylic acids is 1. The third-order valence-electron chi connectivity index (χ3n) is 6.38. The maximum absolute atomic E-state index is 12.1. The summed E-state index contributed by atoms with van der Waals surface area (Å²) in [7, 11) is 0. The lowest BCUT2D eigenvalue weighted by molar-refractivity contribution is -0.112. The second-order valence-electron chi connectivity index (χ2n) is 9.40. The lowest BCUT2D eigenvalue weighted by Gasteiger charge is -2.38. The quantitative estimate of drug-likeness (QED) is 0.281. The minimum Gasteiger partial charge on any atom is -0.369 e. The van der Waals surface area contributed by atoms with E-state index in [0.29, 0.717) is 12.1 Å². The van der Waals surface area contributed by atoms with Crippen molar-refractivity contribution in [3.63, 3.8) is 0 Å². The van der Waals surface area contributed by atoms with Gasteiger partial charge in [0.2, 0.25) is 0 Å². The number of hydrogen-bond acceptors (Lipinski definition) is 4. The summed E-state index contributed by atoms with van der Waals surface area (Å²) in [6, 6.07) is 7.29. The van der Waals surface area contributed by atoms with Crippen LogP contribution in [0, 0.1) is 12.8 Å². The fourth-order valence-corrected chi connectivity index (χ4v) is 4.34. The van der Waals surface area contributed by atoms with Gasteiger partial charge in [-0.1, -0.05) is 39.0 Å². The van der Waals surface area contributed by atoms with Gasteiger partial charge in [0.15, 0.2) is 5.78 Å². The molecule has 1 heterocycles. The Morgan fingerprint density at radius 2 is 1.88 bits per heavy atom. The molecule has 2 rings (SSSR count). The molecule has 180 valence electrons. The van der Waals surface area contributed by atoms with Gasteiger partial charge < -0.3 is 10.2 Å². The highest BCUT2D eigenvalue weighted by Gasteiger charge is 2.21. The summed E-state index contributed by atoms with van der Waals surface area (Å²) >= 11 is 0. The SMILES string of the molecule is C\C=C(/C=C\C(=N\C(=C/C(C)=O)c1ccc(C)c(CC)c1)C(C)CC)N1CC(C)NC(C)C1. The standard InChI is InChI=1S/C29H43N3O/c1-9-20(4)28(15-14-27(11-3)32-18-22(6)30-23(7)19-32)31-29(16-24(8)33)26-13-12-21(5)25(10-2)17-26/h11-17,20,22-23,30H,9-10,18-19H2,1-8H3/b15-14-,27-11+,29-16-,31-28-. The van der Waals surface area contributed by atoms with Gasteiger partial charge in [0.25, 0.3) is 0 Å². The van der Waals surface area contributed by atoms with E-state index in [9.17, 15) is 4.79 Å². The molecule has 0 spiro atoms. The van der Waals surface area contributed by atoms with E-state index in [1.807, 2.05) is 0 Å². The van der Waals surface area contributed by atoms with Crippen molar-refractivity contribution in [1.29, 1.82) is 0 Å². The van der Waals surface area contributed by atoms with Gasteiger partial charge in [-0.15, -0.1) is 0 Å². The molecular weight excluding hydrogens is 406 g/mol. The Morgan fingerprint density at radius 1 is 1.21 bits per heavy atom. The van der Waals surface area contributed by atoms with Crippen LogP contribution < -0.4 is 5.32 Å². The first-order chi connectivity index (χ1) is 15.7. The van der Waals surface area contributed by atoms with E-state index in [2.05, 4.69) is 95.1 Å². The van der Waals surface area contributed by atoms with Crippen LogP contribution >= 0.6 is 0 Å². The first-order valence-corrected chi connectivity index (χ1v) is 12.4.